The maximum Gasteiger partial charge on any atom is 0.307 e. The summed E-state index contributed by atoms with van der Waals surface area (Å²) in [7, 11) is 0. The van der Waals surface area contributed by atoms with Crippen molar-refractivity contribution < 1.29 is 9.53 Å². The van der Waals surface area contributed by atoms with Crippen molar-refractivity contribution in [2.45, 2.75) is 58.8 Å². The number of benzene rings is 1. The lowest BCUT2D eigenvalue weighted by Crippen LogP contribution is -2.14. The first-order valence-corrected chi connectivity index (χ1v) is 7.98. The van der Waals surface area contributed by atoms with Crippen LogP contribution in [0.3, 0.4) is 0 Å². The van der Waals surface area contributed by atoms with Crippen molar-refractivity contribution in [3.8, 4) is 0 Å². The van der Waals surface area contributed by atoms with E-state index >= 15 is 0 Å². The number of carbonyl (C=O) groups is 1. The van der Waals surface area contributed by atoms with E-state index in [-0.39, 0.29) is 11.4 Å². The highest BCUT2D eigenvalue weighted by atomic mass is 16.5. The molecule has 0 aromatic heterocycles. The molecular weight excluding hydrogens is 260 g/mol. The van der Waals surface area contributed by atoms with Crippen LogP contribution in [0.15, 0.2) is 35.6 Å². The maximum absolute atomic E-state index is 11.3. The predicted octanol–water partition coefficient (Wildman–Crippen LogP) is 4.88. The summed E-state index contributed by atoms with van der Waals surface area (Å²) in [4.78, 5) is 11.3. The van der Waals surface area contributed by atoms with Gasteiger partial charge in [0.1, 0.15) is 5.76 Å². The molecule has 1 aromatic carbocycles. The zero-order valence-electron chi connectivity index (χ0n) is 13.2. The third-order valence-corrected chi connectivity index (χ3v) is 5.09. The van der Waals surface area contributed by atoms with Crippen molar-refractivity contribution in [1.29, 1.82) is 0 Å². The average molecular weight is 284 g/mol. The van der Waals surface area contributed by atoms with Gasteiger partial charge in [-0.3, -0.25) is 4.79 Å². The molecule has 0 amide bonds. The number of rotatable bonds is 3. The highest BCUT2D eigenvalue weighted by Gasteiger charge is 2.54. The summed E-state index contributed by atoms with van der Waals surface area (Å²) in [5.41, 5.74) is 4.32. The quantitative estimate of drug-likeness (QED) is 0.739. The van der Waals surface area contributed by atoms with Crippen LogP contribution in [0.25, 0.3) is 0 Å². The van der Waals surface area contributed by atoms with E-state index in [1.54, 1.807) is 0 Å². The van der Waals surface area contributed by atoms with Gasteiger partial charge in [-0.25, -0.2) is 0 Å². The van der Waals surface area contributed by atoms with Crippen molar-refractivity contribution in [2.24, 2.45) is 5.41 Å². The first-order valence-electron chi connectivity index (χ1n) is 7.98. The fourth-order valence-electron chi connectivity index (χ4n) is 3.75. The van der Waals surface area contributed by atoms with Crippen LogP contribution in [0.5, 0.6) is 0 Å². The minimum absolute atomic E-state index is 0.180. The van der Waals surface area contributed by atoms with Crippen molar-refractivity contribution in [3.63, 3.8) is 0 Å². The Balaban J connectivity index is 1.86. The lowest BCUT2D eigenvalue weighted by molar-refractivity contribution is -0.137. The minimum atomic E-state index is -0.180. The molecule has 2 nitrogen and oxygen atoms in total. The van der Waals surface area contributed by atoms with E-state index in [0.717, 1.165) is 25.0 Å². The Morgan fingerprint density at radius 3 is 2.52 bits per heavy atom. The Morgan fingerprint density at radius 1 is 1.19 bits per heavy atom. The summed E-state index contributed by atoms with van der Waals surface area (Å²) in [5.74, 6) is 1.36. The molecule has 1 fully saturated rings. The van der Waals surface area contributed by atoms with E-state index in [1.165, 1.54) is 36.5 Å². The molecule has 1 saturated carbocycles. The first kappa shape index (κ1) is 14.4. The summed E-state index contributed by atoms with van der Waals surface area (Å²) in [6.07, 6.45) is 5.54. The first-order chi connectivity index (χ1) is 10.0. The van der Waals surface area contributed by atoms with Gasteiger partial charge in [0.2, 0.25) is 0 Å². The molecule has 2 atom stereocenters. The van der Waals surface area contributed by atoms with Gasteiger partial charge in [0.25, 0.3) is 0 Å². The van der Waals surface area contributed by atoms with E-state index in [2.05, 4.69) is 38.1 Å². The standard InChI is InChI=1S/C19H24O2/c1-13-8-10-15(11-9-13)17-12-19(17,3)16-6-4-5-7-18(16)21-14(2)20/h8-11,17H,4-7,12H2,1-3H3/t17-,19+/m1/s1. The van der Waals surface area contributed by atoms with Gasteiger partial charge in [-0.2, -0.15) is 0 Å². The number of hydrogen-bond donors (Lipinski definition) is 0. The highest BCUT2D eigenvalue weighted by molar-refractivity contribution is 5.67. The molecule has 0 N–H and O–H groups in total. The van der Waals surface area contributed by atoms with Crippen LogP contribution in [-0.4, -0.2) is 5.97 Å². The Labute approximate surface area is 127 Å². The number of allylic oxidation sites excluding steroid dienone is 2. The highest BCUT2D eigenvalue weighted by Crippen LogP contribution is 2.65. The molecule has 112 valence electrons. The van der Waals surface area contributed by atoms with Crippen LogP contribution in [0.2, 0.25) is 0 Å². The molecule has 0 aliphatic heterocycles. The average Bonchev–Trinajstić information content (AvgIpc) is 3.13. The van der Waals surface area contributed by atoms with Gasteiger partial charge in [0.15, 0.2) is 0 Å². The second kappa shape index (κ2) is 5.32. The molecule has 1 aromatic rings. The molecule has 3 rings (SSSR count). The topological polar surface area (TPSA) is 26.3 Å². The number of aryl methyl sites for hydroxylation is 1. The van der Waals surface area contributed by atoms with Gasteiger partial charge >= 0.3 is 5.97 Å². The minimum Gasteiger partial charge on any atom is -0.431 e. The number of hydrogen-bond acceptors (Lipinski definition) is 2. The van der Waals surface area contributed by atoms with Gasteiger partial charge in [-0.1, -0.05) is 36.8 Å². The molecule has 2 heteroatoms. The van der Waals surface area contributed by atoms with E-state index in [4.69, 9.17) is 4.74 Å². The number of esters is 1. The molecule has 0 saturated heterocycles. The molecular formula is C19H24O2. The summed E-state index contributed by atoms with van der Waals surface area (Å²) in [6, 6.07) is 8.88. The van der Waals surface area contributed by atoms with Crippen LogP contribution in [0, 0.1) is 12.3 Å². The van der Waals surface area contributed by atoms with Gasteiger partial charge < -0.3 is 4.74 Å². The molecule has 0 spiro atoms. The van der Waals surface area contributed by atoms with Crippen molar-refractivity contribution >= 4 is 5.97 Å². The van der Waals surface area contributed by atoms with Crippen LogP contribution in [0.4, 0.5) is 0 Å². The van der Waals surface area contributed by atoms with Crippen LogP contribution in [-0.2, 0) is 9.53 Å². The second-order valence-electron chi connectivity index (χ2n) is 6.79. The van der Waals surface area contributed by atoms with Gasteiger partial charge in [0.05, 0.1) is 0 Å². The summed E-state index contributed by atoms with van der Waals surface area (Å²) < 4.78 is 5.51. The monoisotopic (exact) mass is 284 g/mol. The molecule has 2 aliphatic rings. The van der Waals surface area contributed by atoms with E-state index in [0.29, 0.717) is 5.92 Å². The zero-order chi connectivity index (χ0) is 15.0. The summed E-state index contributed by atoms with van der Waals surface area (Å²) >= 11 is 0. The van der Waals surface area contributed by atoms with Crippen LogP contribution < -0.4 is 0 Å². The van der Waals surface area contributed by atoms with Crippen molar-refractivity contribution in [1.82, 2.24) is 0 Å². The fourth-order valence-corrected chi connectivity index (χ4v) is 3.75. The summed E-state index contributed by atoms with van der Waals surface area (Å²) in [5, 5.41) is 0. The normalized spacial score (nSPS) is 28.4. The van der Waals surface area contributed by atoms with Gasteiger partial charge in [0, 0.05) is 13.3 Å². The summed E-state index contributed by atoms with van der Waals surface area (Å²) in [6.45, 7) is 5.96. The largest absolute Gasteiger partial charge is 0.431 e. The molecule has 2 aliphatic carbocycles. The molecule has 0 bridgehead atoms. The van der Waals surface area contributed by atoms with Crippen LogP contribution >= 0.6 is 0 Å². The molecule has 21 heavy (non-hydrogen) atoms. The van der Waals surface area contributed by atoms with E-state index in [1.807, 2.05) is 0 Å². The fraction of sp³-hybridized carbons (Fsp3) is 0.526. The van der Waals surface area contributed by atoms with E-state index in [9.17, 15) is 4.79 Å². The number of ether oxygens (including phenoxy) is 1. The number of carbonyl (C=O) groups excluding carboxylic acids is 1. The lowest BCUT2D eigenvalue weighted by Gasteiger charge is -2.25. The Hall–Kier alpha value is -1.57. The van der Waals surface area contributed by atoms with Gasteiger partial charge in [-0.05, 0) is 55.1 Å². The molecule has 0 radical (unpaired) electrons. The maximum atomic E-state index is 11.3. The lowest BCUT2D eigenvalue weighted by atomic mass is 9.84. The van der Waals surface area contributed by atoms with Crippen LogP contribution in [0.1, 0.15) is 63.0 Å². The predicted molar refractivity (Wildman–Crippen MR) is 83.9 cm³/mol. The third kappa shape index (κ3) is 2.76. The Kier molecular flexibility index (Phi) is 3.64. The molecule has 0 heterocycles. The smallest absolute Gasteiger partial charge is 0.307 e. The Morgan fingerprint density at radius 2 is 1.86 bits per heavy atom. The third-order valence-electron chi connectivity index (χ3n) is 5.09. The van der Waals surface area contributed by atoms with E-state index < -0.39 is 0 Å². The Bertz CT molecular complexity index is 582. The molecule has 0 unspecified atom stereocenters. The second-order valence-corrected chi connectivity index (χ2v) is 6.79. The van der Waals surface area contributed by atoms with Crippen molar-refractivity contribution in [3.05, 3.63) is 46.7 Å². The SMILES string of the molecule is CC(=O)OC1=C([C@]2(C)C[C@@H]2c2ccc(C)cc2)CCCC1. The zero-order valence-corrected chi connectivity index (χ0v) is 13.2. The van der Waals surface area contributed by atoms with Gasteiger partial charge in [-0.15, -0.1) is 0 Å². The van der Waals surface area contributed by atoms with Crippen molar-refractivity contribution in [2.75, 3.05) is 0 Å².